The molecule has 0 unspecified atom stereocenters. The Bertz CT molecular complexity index is 701. The maximum absolute atomic E-state index is 12.2. The van der Waals surface area contributed by atoms with Crippen molar-refractivity contribution in [3.05, 3.63) is 68.7 Å². The zero-order valence-electron chi connectivity index (χ0n) is 11.7. The third kappa shape index (κ3) is 3.73. The number of benzene rings is 2. The summed E-state index contributed by atoms with van der Waals surface area (Å²) in [6.07, 6.45) is 0. The van der Waals surface area contributed by atoms with Crippen LogP contribution in [0.4, 0.5) is 5.69 Å². The monoisotopic (exact) mass is 320 g/mol. The predicted molar refractivity (Wildman–Crippen MR) is 82.3 cm³/mol. The van der Waals surface area contributed by atoms with Crippen LogP contribution in [0.2, 0.25) is 5.02 Å². The number of nitrogens with zero attached hydrogens (tertiary/aromatic N) is 1. The molecule has 0 radical (unpaired) electrons. The van der Waals surface area contributed by atoms with E-state index in [4.69, 9.17) is 16.3 Å². The molecule has 0 atom stereocenters. The molecule has 0 saturated heterocycles. The fraction of sp³-hybridized carbons (Fsp3) is 0.133. The zero-order valence-corrected chi connectivity index (χ0v) is 12.5. The number of carbonyl (C=O) groups excluding carboxylic acids is 1. The number of carbonyl (C=O) groups is 1. The Morgan fingerprint density at radius 3 is 2.55 bits per heavy atom. The highest BCUT2D eigenvalue weighted by Gasteiger charge is 2.17. The molecule has 0 saturated carbocycles. The van der Waals surface area contributed by atoms with E-state index in [0.29, 0.717) is 5.02 Å². The fourth-order valence-corrected chi connectivity index (χ4v) is 1.99. The van der Waals surface area contributed by atoms with Gasteiger partial charge in [0, 0.05) is 23.7 Å². The van der Waals surface area contributed by atoms with Gasteiger partial charge in [-0.3, -0.25) is 14.9 Å². The SMILES string of the molecule is COc1ccc([N+](=O)[O-])cc1C(=O)NCc1ccc(Cl)cc1. The van der Waals surface area contributed by atoms with E-state index < -0.39 is 10.8 Å². The number of ether oxygens (including phenoxy) is 1. The molecule has 7 heteroatoms. The van der Waals surface area contributed by atoms with Gasteiger partial charge in [-0.25, -0.2) is 0 Å². The molecule has 114 valence electrons. The third-order valence-corrected chi connectivity index (χ3v) is 3.26. The summed E-state index contributed by atoms with van der Waals surface area (Å²) in [4.78, 5) is 22.4. The maximum Gasteiger partial charge on any atom is 0.270 e. The summed E-state index contributed by atoms with van der Waals surface area (Å²) < 4.78 is 5.07. The minimum Gasteiger partial charge on any atom is -0.496 e. The van der Waals surface area contributed by atoms with Crippen LogP contribution >= 0.6 is 11.6 Å². The lowest BCUT2D eigenvalue weighted by Crippen LogP contribution is -2.23. The van der Waals surface area contributed by atoms with E-state index in [2.05, 4.69) is 5.32 Å². The highest BCUT2D eigenvalue weighted by Crippen LogP contribution is 2.24. The topological polar surface area (TPSA) is 81.5 Å². The van der Waals surface area contributed by atoms with Crippen LogP contribution in [0.25, 0.3) is 0 Å². The molecule has 0 aromatic heterocycles. The lowest BCUT2D eigenvalue weighted by Gasteiger charge is -2.09. The van der Waals surface area contributed by atoms with Crippen LogP contribution in [0.5, 0.6) is 5.75 Å². The zero-order chi connectivity index (χ0) is 16.1. The first-order valence-corrected chi connectivity index (χ1v) is 6.74. The van der Waals surface area contributed by atoms with Crippen molar-refractivity contribution in [2.75, 3.05) is 7.11 Å². The van der Waals surface area contributed by atoms with Crippen LogP contribution in [-0.2, 0) is 6.54 Å². The average Bonchev–Trinajstić information content (AvgIpc) is 2.53. The van der Waals surface area contributed by atoms with E-state index in [1.165, 1.54) is 25.3 Å². The molecule has 0 aliphatic rings. The van der Waals surface area contributed by atoms with Gasteiger partial charge in [0.15, 0.2) is 0 Å². The van der Waals surface area contributed by atoms with Gasteiger partial charge in [-0.05, 0) is 23.8 Å². The molecule has 0 aliphatic carbocycles. The van der Waals surface area contributed by atoms with Gasteiger partial charge in [-0.15, -0.1) is 0 Å². The predicted octanol–water partition coefficient (Wildman–Crippen LogP) is 3.19. The first-order chi connectivity index (χ1) is 10.5. The molecule has 0 aliphatic heterocycles. The molecular formula is C15H13ClN2O4. The molecule has 2 aromatic carbocycles. The van der Waals surface area contributed by atoms with Crippen LogP contribution in [0.15, 0.2) is 42.5 Å². The summed E-state index contributed by atoms with van der Waals surface area (Å²) >= 11 is 5.79. The largest absolute Gasteiger partial charge is 0.496 e. The minimum atomic E-state index is -0.560. The number of nitro benzene ring substituents is 1. The first-order valence-electron chi connectivity index (χ1n) is 6.36. The van der Waals surface area contributed by atoms with Gasteiger partial charge in [0.05, 0.1) is 17.6 Å². The van der Waals surface area contributed by atoms with Crippen LogP contribution in [0, 0.1) is 10.1 Å². The molecule has 1 N–H and O–H groups in total. The van der Waals surface area contributed by atoms with Crippen molar-refractivity contribution in [3.8, 4) is 5.75 Å². The van der Waals surface area contributed by atoms with Gasteiger partial charge in [0.1, 0.15) is 5.75 Å². The highest BCUT2D eigenvalue weighted by molar-refractivity contribution is 6.30. The lowest BCUT2D eigenvalue weighted by atomic mass is 10.1. The number of methoxy groups -OCH3 is 1. The molecule has 1 amide bonds. The van der Waals surface area contributed by atoms with Crippen LogP contribution in [-0.4, -0.2) is 17.9 Å². The van der Waals surface area contributed by atoms with Gasteiger partial charge in [0.2, 0.25) is 0 Å². The van der Waals surface area contributed by atoms with Crippen LogP contribution in [0.1, 0.15) is 15.9 Å². The smallest absolute Gasteiger partial charge is 0.270 e. The molecule has 0 bridgehead atoms. The van der Waals surface area contributed by atoms with Gasteiger partial charge in [-0.2, -0.15) is 0 Å². The van der Waals surface area contributed by atoms with Crippen molar-refractivity contribution in [1.82, 2.24) is 5.32 Å². The Kier molecular flexibility index (Phi) is 4.95. The van der Waals surface area contributed by atoms with Crippen molar-refractivity contribution in [1.29, 1.82) is 0 Å². The Balaban J connectivity index is 2.15. The normalized spacial score (nSPS) is 10.1. The summed E-state index contributed by atoms with van der Waals surface area (Å²) in [7, 11) is 1.40. The molecule has 22 heavy (non-hydrogen) atoms. The van der Waals surface area contributed by atoms with E-state index >= 15 is 0 Å². The number of amides is 1. The van der Waals surface area contributed by atoms with Gasteiger partial charge in [0.25, 0.3) is 11.6 Å². The maximum atomic E-state index is 12.2. The van der Waals surface area contributed by atoms with Crippen molar-refractivity contribution in [2.45, 2.75) is 6.54 Å². The molecule has 2 aromatic rings. The standard InChI is InChI=1S/C15H13ClN2O4/c1-22-14-7-6-12(18(20)21)8-13(14)15(19)17-9-10-2-4-11(16)5-3-10/h2-8H,9H2,1H3,(H,17,19). The minimum absolute atomic E-state index is 0.116. The van der Waals surface area contributed by atoms with Crippen LogP contribution in [0.3, 0.4) is 0 Å². The number of hydrogen-bond acceptors (Lipinski definition) is 4. The van der Waals surface area contributed by atoms with E-state index in [1.807, 2.05) is 0 Å². The summed E-state index contributed by atoms with van der Waals surface area (Å²) in [6, 6.07) is 10.9. The Labute approximate surface area is 131 Å². The van der Waals surface area contributed by atoms with E-state index in [1.54, 1.807) is 24.3 Å². The molecule has 0 spiro atoms. The first kappa shape index (κ1) is 15.8. The molecule has 0 heterocycles. The number of non-ortho nitro benzene ring substituents is 1. The van der Waals surface area contributed by atoms with Crippen molar-refractivity contribution >= 4 is 23.2 Å². The number of rotatable bonds is 5. The third-order valence-electron chi connectivity index (χ3n) is 3.00. The number of nitro groups is 1. The van der Waals surface area contributed by atoms with Crippen molar-refractivity contribution in [2.24, 2.45) is 0 Å². The molecule has 0 fully saturated rings. The van der Waals surface area contributed by atoms with Gasteiger partial charge < -0.3 is 10.1 Å². The van der Waals surface area contributed by atoms with Crippen molar-refractivity contribution < 1.29 is 14.5 Å². The highest BCUT2D eigenvalue weighted by atomic mass is 35.5. The summed E-state index contributed by atoms with van der Waals surface area (Å²) in [5, 5.41) is 14.1. The van der Waals surface area contributed by atoms with E-state index in [0.717, 1.165) is 5.56 Å². The summed E-state index contributed by atoms with van der Waals surface area (Å²) in [5.41, 5.74) is 0.810. The number of halogens is 1. The van der Waals surface area contributed by atoms with Gasteiger partial charge >= 0.3 is 0 Å². The number of nitrogens with one attached hydrogen (secondary N) is 1. The Morgan fingerprint density at radius 2 is 1.95 bits per heavy atom. The molecular weight excluding hydrogens is 308 g/mol. The van der Waals surface area contributed by atoms with E-state index in [9.17, 15) is 14.9 Å². The second-order valence-corrected chi connectivity index (χ2v) is 4.89. The van der Waals surface area contributed by atoms with Crippen molar-refractivity contribution in [3.63, 3.8) is 0 Å². The fourth-order valence-electron chi connectivity index (χ4n) is 1.87. The Morgan fingerprint density at radius 1 is 1.27 bits per heavy atom. The average molecular weight is 321 g/mol. The number of hydrogen-bond donors (Lipinski definition) is 1. The molecule has 2 rings (SSSR count). The molecule has 6 nitrogen and oxygen atoms in total. The summed E-state index contributed by atoms with van der Waals surface area (Å²) in [6.45, 7) is 0.280. The second-order valence-electron chi connectivity index (χ2n) is 4.45. The van der Waals surface area contributed by atoms with Crippen LogP contribution < -0.4 is 10.1 Å². The Hall–Kier alpha value is -2.60. The van der Waals surface area contributed by atoms with E-state index in [-0.39, 0.29) is 23.5 Å². The lowest BCUT2D eigenvalue weighted by molar-refractivity contribution is -0.384. The second kappa shape index (κ2) is 6.91. The quantitative estimate of drug-likeness (QED) is 0.677. The van der Waals surface area contributed by atoms with Gasteiger partial charge in [-0.1, -0.05) is 23.7 Å². The summed E-state index contributed by atoms with van der Waals surface area (Å²) in [5.74, 6) is -0.172.